The fourth-order valence-electron chi connectivity index (χ4n) is 1.70. The Bertz CT molecular complexity index is 424. The van der Waals surface area contributed by atoms with Crippen LogP contribution >= 0.6 is 0 Å². The van der Waals surface area contributed by atoms with E-state index in [1.807, 2.05) is 45.0 Å². The number of hydrogen-bond donors (Lipinski definition) is 3. The van der Waals surface area contributed by atoms with Gasteiger partial charge in [0.05, 0.1) is 6.04 Å². The third kappa shape index (κ3) is 5.01. The Morgan fingerprint density at radius 1 is 1.42 bits per heavy atom. The zero-order valence-electron chi connectivity index (χ0n) is 11.9. The molecule has 0 heterocycles. The number of aliphatic hydroxyl groups is 1. The predicted molar refractivity (Wildman–Crippen MR) is 77.9 cm³/mol. The molecule has 0 aliphatic heterocycles. The van der Waals surface area contributed by atoms with Crippen molar-refractivity contribution in [1.82, 2.24) is 0 Å². The van der Waals surface area contributed by atoms with Crippen LogP contribution in [0.4, 0.5) is 5.69 Å². The van der Waals surface area contributed by atoms with Gasteiger partial charge in [0.1, 0.15) is 0 Å². The van der Waals surface area contributed by atoms with Gasteiger partial charge in [-0.3, -0.25) is 4.79 Å². The number of anilines is 1. The highest BCUT2D eigenvalue weighted by molar-refractivity contribution is 5.95. The molecule has 106 valence electrons. The minimum atomic E-state index is -0.548. The minimum Gasteiger partial charge on any atom is -0.396 e. The van der Waals surface area contributed by atoms with Crippen LogP contribution in [0, 0.1) is 5.41 Å². The van der Waals surface area contributed by atoms with Gasteiger partial charge < -0.3 is 16.2 Å². The molecular weight excluding hydrogens is 240 g/mol. The van der Waals surface area contributed by atoms with Gasteiger partial charge in [-0.25, -0.2) is 0 Å². The zero-order chi connectivity index (χ0) is 14.5. The molecule has 0 aliphatic carbocycles. The summed E-state index contributed by atoms with van der Waals surface area (Å²) in [4.78, 5) is 12.0. The summed E-state index contributed by atoms with van der Waals surface area (Å²) in [7, 11) is 0. The Kier molecular flexibility index (Phi) is 5.51. The van der Waals surface area contributed by atoms with Crippen molar-refractivity contribution in [2.45, 2.75) is 39.7 Å². The number of nitrogens with one attached hydrogen (secondary N) is 1. The van der Waals surface area contributed by atoms with Gasteiger partial charge in [-0.2, -0.15) is 0 Å². The molecule has 0 aliphatic rings. The number of carbonyl (C=O) groups excluding carboxylic acids is 1. The number of rotatable bonds is 5. The van der Waals surface area contributed by atoms with Gasteiger partial charge in [0.15, 0.2) is 0 Å². The van der Waals surface area contributed by atoms with Crippen molar-refractivity contribution in [2.24, 2.45) is 11.1 Å². The van der Waals surface area contributed by atoms with Gasteiger partial charge in [0.2, 0.25) is 5.91 Å². The zero-order valence-corrected chi connectivity index (χ0v) is 11.9. The van der Waals surface area contributed by atoms with Crippen molar-refractivity contribution in [1.29, 1.82) is 0 Å². The molecule has 0 saturated heterocycles. The Hall–Kier alpha value is -1.39. The van der Waals surface area contributed by atoms with Crippen molar-refractivity contribution in [3.63, 3.8) is 0 Å². The van der Waals surface area contributed by atoms with Crippen LogP contribution in [0.25, 0.3) is 0 Å². The van der Waals surface area contributed by atoms with Crippen molar-refractivity contribution in [3.05, 3.63) is 29.8 Å². The van der Waals surface area contributed by atoms with E-state index in [9.17, 15) is 4.79 Å². The van der Waals surface area contributed by atoms with Gasteiger partial charge in [0.25, 0.3) is 0 Å². The molecular formula is C15H24N2O2. The molecule has 0 fully saturated rings. The molecule has 4 nitrogen and oxygen atoms in total. The van der Waals surface area contributed by atoms with Crippen molar-refractivity contribution >= 4 is 11.6 Å². The lowest BCUT2D eigenvalue weighted by Gasteiger charge is -2.25. The summed E-state index contributed by atoms with van der Waals surface area (Å²) in [6.45, 7) is 5.99. The summed E-state index contributed by atoms with van der Waals surface area (Å²) in [5, 5.41) is 11.7. The molecule has 19 heavy (non-hydrogen) atoms. The number of aryl methyl sites for hydroxylation is 1. The van der Waals surface area contributed by atoms with Crippen LogP contribution < -0.4 is 11.1 Å². The molecule has 0 radical (unpaired) electrons. The quantitative estimate of drug-likeness (QED) is 0.760. The molecule has 0 spiro atoms. The molecule has 0 bridgehead atoms. The number of carbonyl (C=O) groups is 1. The lowest BCUT2D eigenvalue weighted by Crippen LogP contribution is -2.45. The molecule has 1 rings (SSSR count). The van der Waals surface area contributed by atoms with Crippen LogP contribution in [0.15, 0.2) is 24.3 Å². The van der Waals surface area contributed by atoms with Crippen LogP contribution in [-0.4, -0.2) is 23.7 Å². The summed E-state index contributed by atoms with van der Waals surface area (Å²) in [5.74, 6) is -0.174. The van der Waals surface area contributed by atoms with E-state index in [-0.39, 0.29) is 17.9 Å². The smallest absolute Gasteiger partial charge is 0.241 e. The highest BCUT2D eigenvalue weighted by Crippen LogP contribution is 2.19. The van der Waals surface area contributed by atoms with Crippen LogP contribution in [-0.2, 0) is 11.2 Å². The maximum Gasteiger partial charge on any atom is 0.241 e. The van der Waals surface area contributed by atoms with E-state index in [2.05, 4.69) is 5.32 Å². The summed E-state index contributed by atoms with van der Waals surface area (Å²) in [6, 6.07) is 7.09. The second-order valence-electron chi connectivity index (χ2n) is 5.86. The third-order valence-electron chi connectivity index (χ3n) is 3.03. The van der Waals surface area contributed by atoms with E-state index in [1.165, 1.54) is 0 Å². The highest BCUT2D eigenvalue weighted by atomic mass is 16.2. The topological polar surface area (TPSA) is 75.4 Å². The SMILES string of the molecule is CC(C)(C)[C@@H](N)C(=O)Nc1cccc(CCCO)c1. The molecule has 0 saturated carbocycles. The highest BCUT2D eigenvalue weighted by Gasteiger charge is 2.27. The van der Waals surface area contributed by atoms with Gasteiger partial charge in [-0.05, 0) is 36.0 Å². The van der Waals surface area contributed by atoms with E-state index in [0.717, 1.165) is 24.1 Å². The maximum absolute atomic E-state index is 12.0. The molecule has 1 aromatic rings. The number of aliphatic hydroxyl groups excluding tert-OH is 1. The van der Waals surface area contributed by atoms with Crippen molar-refractivity contribution in [3.8, 4) is 0 Å². The molecule has 4 N–H and O–H groups in total. The van der Waals surface area contributed by atoms with Gasteiger partial charge in [0, 0.05) is 12.3 Å². The van der Waals surface area contributed by atoms with Crippen LogP contribution in [0.3, 0.4) is 0 Å². The molecule has 1 aromatic carbocycles. The second-order valence-corrected chi connectivity index (χ2v) is 5.86. The van der Waals surface area contributed by atoms with Gasteiger partial charge in [-0.1, -0.05) is 32.9 Å². The maximum atomic E-state index is 12.0. The van der Waals surface area contributed by atoms with E-state index >= 15 is 0 Å². The normalized spacial score (nSPS) is 13.1. The second kappa shape index (κ2) is 6.68. The van der Waals surface area contributed by atoms with Crippen LogP contribution in [0.2, 0.25) is 0 Å². The van der Waals surface area contributed by atoms with Crippen LogP contribution in [0.5, 0.6) is 0 Å². The fourth-order valence-corrected chi connectivity index (χ4v) is 1.70. The van der Waals surface area contributed by atoms with Gasteiger partial charge >= 0.3 is 0 Å². The molecule has 0 aromatic heterocycles. The first kappa shape index (κ1) is 15.7. The standard InChI is InChI=1S/C15H24N2O2/c1-15(2,3)13(16)14(19)17-12-8-4-6-11(10-12)7-5-9-18/h4,6,8,10,13,18H,5,7,9,16H2,1-3H3,(H,17,19)/t13-/m0/s1. The van der Waals surface area contributed by atoms with Gasteiger partial charge in [-0.15, -0.1) is 0 Å². The Labute approximate surface area is 115 Å². The third-order valence-corrected chi connectivity index (χ3v) is 3.03. The number of hydrogen-bond acceptors (Lipinski definition) is 3. The number of amides is 1. The Morgan fingerprint density at radius 2 is 2.11 bits per heavy atom. The molecule has 1 atom stereocenters. The summed E-state index contributed by atoms with van der Waals surface area (Å²) < 4.78 is 0. The average molecular weight is 264 g/mol. The monoisotopic (exact) mass is 264 g/mol. The van der Waals surface area contributed by atoms with E-state index < -0.39 is 6.04 Å². The largest absolute Gasteiger partial charge is 0.396 e. The minimum absolute atomic E-state index is 0.172. The van der Waals surface area contributed by atoms with E-state index in [4.69, 9.17) is 10.8 Å². The summed E-state index contributed by atoms with van der Waals surface area (Å²) in [6.07, 6.45) is 1.52. The lowest BCUT2D eigenvalue weighted by atomic mass is 9.87. The van der Waals surface area contributed by atoms with E-state index in [0.29, 0.717) is 0 Å². The Balaban J connectivity index is 2.69. The Morgan fingerprint density at radius 3 is 2.68 bits per heavy atom. The van der Waals surface area contributed by atoms with Crippen LogP contribution in [0.1, 0.15) is 32.8 Å². The first-order chi connectivity index (χ1) is 8.84. The predicted octanol–water partition coefficient (Wildman–Crippen LogP) is 1.92. The summed E-state index contributed by atoms with van der Waals surface area (Å²) >= 11 is 0. The summed E-state index contributed by atoms with van der Waals surface area (Å²) in [5.41, 5.74) is 7.49. The van der Waals surface area contributed by atoms with E-state index in [1.54, 1.807) is 0 Å². The molecule has 4 heteroatoms. The van der Waals surface area contributed by atoms with Crippen molar-refractivity contribution < 1.29 is 9.90 Å². The van der Waals surface area contributed by atoms with Crippen molar-refractivity contribution in [2.75, 3.05) is 11.9 Å². The molecule has 1 amide bonds. The first-order valence-corrected chi connectivity index (χ1v) is 6.61. The number of nitrogens with two attached hydrogens (primary N) is 1. The first-order valence-electron chi connectivity index (χ1n) is 6.61. The number of benzene rings is 1. The fraction of sp³-hybridized carbons (Fsp3) is 0.533. The average Bonchev–Trinajstić information content (AvgIpc) is 2.34. The lowest BCUT2D eigenvalue weighted by molar-refractivity contribution is -0.119. The molecule has 0 unspecified atom stereocenters.